The molecule has 0 N–H and O–H groups in total. The van der Waals surface area contributed by atoms with E-state index in [-0.39, 0.29) is 4.83 Å². The van der Waals surface area contributed by atoms with E-state index < -0.39 is 0 Å². The molecule has 1 heterocycles. The predicted molar refractivity (Wildman–Crippen MR) is 96.2 cm³/mol. The van der Waals surface area contributed by atoms with E-state index in [1.54, 1.807) is 11.3 Å². The highest BCUT2D eigenvalue weighted by molar-refractivity contribution is 9.10. The molecule has 102 valence electrons. The van der Waals surface area contributed by atoms with Gasteiger partial charge in [-0.05, 0) is 68.9 Å². The van der Waals surface area contributed by atoms with Crippen LogP contribution in [0, 0.1) is 13.8 Å². The van der Waals surface area contributed by atoms with E-state index in [1.807, 2.05) is 0 Å². The highest BCUT2D eigenvalue weighted by atomic mass is 79.9. The number of rotatable bonds is 2. The lowest BCUT2D eigenvalue weighted by atomic mass is 9.96. The molecule has 0 fully saturated rings. The summed E-state index contributed by atoms with van der Waals surface area (Å²) in [6.07, 6.45) is 0. The van der Waals surface area contributed by atoms with Gasteiger partial charge >= 0.3 is 0 Å². The zero-order chi connectivity index (χ0) is 14.3. The van der Waals surface area contributed by atoms with Crippen LogP contribution in [0.25, 0.3) is 10.1 Å². The van der Waals surface area contributed by atoms with Gasteiger partial charge in [0.2, 0.25) is 0 Å². The lowest BCUT2D eigenvalue weighted by molar-refractivity contribution is 1.13. The van der Waals surface area contributed by atoms with E-state index in [2.05, 4.69) is 87.5 Å². The summed E-state index contributed by atoms with van der Waals surface area (Å²) in [7, 11) is 0. The standard InChI is InChI=1S/C17H14Br2S/c1-10-5-3-6-11(2)15(10)16(19)13-9-20-17-12(13)7-4-8-14(17)18/h3-9,16H,1-2H3. The quantitative estimate of drug-likeness (QED) is 0.410. The minimum absolute atomic E-state index is 0.242. The number of halogens is 2. The van der Waals surface area contributed by atoms with Gasteiger partial charge in [-0.1, -0.05) is 46.3 Å². The van der Waals surface area contributed by atoms with Crippen molar-refractivity contribution >= 4 is 53.3 Å². The van der Waals surface area contributed by atoms with Crippen molar-refractivity contribution in [2.24, 2.45) is 0 Å². The van der Waals surface area contributed by atoms with Crippen molar-refractivity contribution in [3.63, 3.8) is 0 Å². The summed E-state index contributed by atoms with van der Waals surface area (Å²) in [6.45, 7) is 4.36. The Hall–Kier alpha value is -0.640. The smallest absolute Gasteiger partial charge is 0.0663 e. The van der Waals surface area contributed by atoms with Gasteiger partial charge in [-0.3, -0.25) is 0 Å². The van der Waals surface area contributed by atoms with Crippen LogP contribution >= 0.6 is 43.2 Å². The Morgan fingerprint density at radius 1 is 1.00 bits per heavy atom. The molecule has 3 heteroatoms. The van der Waals surface area contributed by atoms with E-state index in [1.165, 1.54) is 36.8 Å². The van der Waals surface area contributed by atoms with Gasteiger partial charge in [0, 0.05) is 9.17 Å². The molecular weight excluding hydrogens is 396 g/mol. The first-order valence-electron chi connectivity index (χ1n) is 6.45. The maximum Gasteiger partial charge on any atom is 0.0663 e. The maximum absolute atomic E-state index is 3.91. The van der Waals surface area contributed by atoms with Gasteiger partial charge in [0.05, 0.1) is 4.83 Å². The number of benzene rings is 2. The van der Waals surface area contributed by atoms with Crippen LogP contribution in [0.15, 0.2) is 46.3 Å². The molecule has 1 aromatic heterocycles. The molecule has 1 atom stereocenters. The molecule has 0 nitrogen and oxygen atoms in total. The number of hydrogen-bond acceptors (Lipinski definition) is 1. The number of alkyl halides is 1. The molecule has 3 rings (SSSR count). The SMILES string of the molecule is Cc1cccc(C)c1C(Br)c1csc2c(Br)cccc12. The molecule has 0 amide bonds. The molecule has 0 saturated heterocycles. The molecule has 0 aliphatic heterocycles. The van der Waals surface area contributed by atoms with Crippen LogP contribution in [0.4, 0.5) is 0 Å². The van der Waals surface area contributed by atoms with Gasteiger partial charge in [0.15, 0.2) is 0 Å². The number of thiophene rings is 1. The lowest BCUT2D eigenvalue weighted by Crippen LogP contribution is -1.98. The van der Waals surface area contributed by atoms with Gasteiger partial charge in [0.1, 0.15) is 0 Å². The second-order valence-corrected chi connectivity index (χ2v) is 7.63. The second-order valence-electron chi connectivity index (χ2n) is 4.98. The zero-order valence-electron chi connectivity index (χ0n) is 11.3. The van der Waals surface area contributed by atoms with Crippen LogP contribution in [0.2, 0.25) is 0 Å². The van der Waals surface area contributed by atoms with E-state index in [0.29, 0.717) is 0 Å². The summed E-state index contributed by atoms with van der Waals surface area (Å²) in [5.41, 5.74) is 5.40. The van der Waals surface area contributed by atoms with Crippen molar-refractivity contribution in [1.29, 1.82) is 0 Å². The van der Waals surface area contributed by atoms with Crippen molar-refractivity contribution in [3.8, 4) is 0 Å². The molecule has 20 heavy (non-hydrogen) atoms. The van der Waals surface area contributed by atoms with Crippen molar-refractivity contribution in [2.75, 3.05) is 0 Å². The van der Waals surface area contributed by atoms with Crippen molar-refractivity contribution in [1.82, 2.24) is 0 Å². The van der Waals surface area contributed by atoms with E-state index in [0.717, 1.165) is 0 Å². The van der Waals surface area contributed by atoms with E-state index >= 15 is 0 Å². The molecule has 2 aromatic carbocycles. The third-order valence-corrected chi connectivity index (χ3v) is 6.57. The molecule has 0 saturated carbocycles. The average Bonchev–Trinajstić information content (AvgIpc) is 2.83. The molecule has 0 spiro atoms. The van der Waals surface area contributed by atoms with Gasteiger partial charge in [-0.25, -0.2) is 0 Å². The lowest BCUT2D eigenvalue weighted by Gasteiger charge is -2.16. The van der Waals surface area contributed by atoms with Crippen molar-refractivity contribution in [2.45, 2.75) is 18.7 Å². The fourth-order valence-corrected chi connectivity index (χ4v) is 5.54. The Morgan fingerprint density at radius 3 is 2.35 bits per heavy atom. The van der Waals surface area contributed by atoms with Crippen LogP contribution in [0.1, 0.15) is 27.1 Å². The van der Waals surface area contributed by atoms with Crippen LogP contribution in [0.5, 0.6) is 0 Å². The Labute approximate surface area is 140 Å². The molecule has 0 aliphatic carbocycles. The molecule has 0 radical (unpaired) electrons. The molecule has 0 aliphatic rings. The fraction of sp³-hybridized carbons (Fsp3) is 0.176. The Bertz CT molecular complexity index is 754. The van der Waals surface area contributed by atoms with Gasteiger partial charge in [0.25, 0.3) is 0 Å². The second kappa shape index (κ2) is 5.63. The normalized spacial score (nSPS) is 12.8. The Morgan fingerprint density at radius 2 is 1.65 bits per heavy atom. The van der Waals surface area contributed by atoms with Gasteiger partial charge in [-0.2, -0.15) is 0 Å². The summed E-state index contributed by atoms with van der Waals surface area (Å²) in [5, 5.41) is 3.59. The number of hydrogen-bond donors (Lipinski definition) is 0. The first kappa shape index (κ1) is 14.3. The highest BCUT2D eigenvalue weighted by Gasteiger charge is 2.19. The average molecular weight is 410 g/mol. The summed E-state index contributed by atoms with van der Waals surface area (Å²) in [5.74, 6) is 0. The number of fused-ring (bicyclic) bond motifs is 1. The van der Waals surface area contributed by atoms with Crippen LogP contribution in [-0.2, 0) is 0 Å². The van der Waals surface area contributed by atoms with E-state index in [9.17, 15) is 0 Å². The predicted octanol–water partition coefficient (Wildman–Crippen LogP) is 6.76. The largest absolute Gasteiger partial charge is 0.142 e. The Balaban J connectivity index is 2.18. The van der Waals surface area contributed by atoms with Gasteiger partial charge in [-0.15, -0.1) is 11.3 Å². The molecule has 1 unspecified atom stereocenters. The molecule has 0 bridgehead atoms. The van der Waals surface area contributed by atoms with Crippen molar-refractivity contribution < 1.29 is 0 Å². The van der Waals surface area contributed by atoms with Crippen LogP contribution in [0.3, 0.4) is 0 Å². The number of aryl methyl sites for hydroxylation is 2. The maximum atomic E-state index is 3.91. The van der Waals surface area contributed by atoms with Crippen LogP contribution in [-0.4, -0.2) is 0 Å². The minimum atomic E-state index is 0.242. The monoisotopic (exact) mass is 408 g/mol. The van der Waals surface area contributed by atoms with Gasteiger partial charge < -0.3 is 0 Å². The Kier molecular flexibility index (Phi) is 4.02. The zero-order valence-corrected chi connectivity index (χ0v) is 15.3. The summed E-state index contributed by atoms with van der Waals surface area (Å²) >= 11 is 9.35. The van der Waals surface area contributed by atoms with Crippen molar-refractivity contribution in [3.05, 3.63) is 68.5 Å². The first-order valence-corrected chi connectivity index (χ1v) is 9.04. The van der Waals surface area contributed by atoms with Crippen LogP contribution < -0.4 is 0 Å². The minimum Gasteiger partial charge on any atom is -0.142 e. The van der Waals surface area contributed by atoms with E-state index in [4.69, 9.17) is 0 Å². The molecule has 3 aromatic rings. The fourth-order valence-electron chi connectivity index (χ4n) is 2.62. The summed E-state index contributed by atoms with van der Waals surface area (Å²) < 4.78 is 2.49. The topological polar surface area (TPSA) is 0 Å². The third kappa shape index (κ3) is 2.36. The highest BCUT2D eigenvalue weighted by Crippen LogP contribution is 2.42. The third-order valence-electron chi connectivity index (χ3n) is 3.65. The first-order chi connectivity index (χ1) is 9.59. The molecular formula is C17H14Br2S. The summed E-state index contributed by atoms with van der Waals surface area (Å²) in [6, 6.07) is 12.9. The summed E-state index contributed by atoms with van der Waals surface area (Å²) in [4.78, 5) is 0.242.